The van der Waals surface area contributed by atoms with Gasteiger partial charge in [0.2, 0.25) is 5.91 Å². The maximum atomic E-state index is 14.2. The van der Waals surface area contributed by atoms with Crippen LogP contribution in [0.2, 0.25) is 0 Å². The number of aromatic nitrogens is 1. The molecule has 1 saturated heterocycles. The molecule has 270 valence electrons. The molecule has 1 aliphatic heterocycles. The number of ether oxygens (including phenoxy) is 2. The van der Waals surface area contributed by atoms with Crippen LogP contribution in [0.1, 0.15) is 76.2 Å². The highest BCUT2D eigenvalue weighted by Gasteiger charge is 2.55. The smallest absolute Gasteiger partial charge is 0.328 e. The fourth-order valence-corrected chi connectivity index (χ4v) is 6.07. The first-order valence-electron chi connectivity index (χ1n) is 17.1. The van der Waals surface area contributed by atoms with Crippen molar-refractivity contribution in [3.63, 3.8) is 0 Å². The molecule has 3 aromatic rings. The molecule has 0 radical (unpaired) electrons. The zero-order valence-corrected chi connectivity index (χ0v) is 29.9. The number of urea groups is 2. The van der Waals surface area contributed by atoms with Crippen LogP contribution in [-0.4, -0.2) is 69.4 Å². The monoisotopic (exact) mass is 698 g/mol. The number of carbonyl (C=O) groups is 5. The molecule has 1 saturated carbocycles. The Morgan fingerprint density at radius 2 is 1.69 bits per heavy atom. The van der Waals surface area contributed by atoms with E-state index in [-0.39, 0.29) is 25.0 Å². The van der Waals surface area contributed by atoms with E-state index in [1.807, 2.05) is 25.1 Å². The van der Waals surface area contributed by atoms with E-state index in [4.69, 9.17) is 9.47 Å². The van der Waals surface area contributed by atoms with Crippen molar-refractivity contribution in [1.29, 1.82) is 0 Å². The van der Waals surface area contributed by atoms with E-state index in [9.17, 15) is 24.0 Å². The lowest BCUT2D eigenvalue weighted by molar-refractivity contribution is -0.148. The average Bonchev–Trinajstić information content (AvgIpc) is 3.89. The molecule has 13 nitrogen and oxygen atoms in total. The standard InChI is InChI=1S/C38H46N6O7/c1-23(2)51-33(45)21-30(28-13-9-10-18-39-28)40-34(46)31(19-25-14-15-25)44-35(47)38(4,5)43(37(44)49)22-26-16-17-29(32(20-26)50-6)42-36(48)41-27-12-8-7-11-24(27)3/h7-13,16-18,20,23,25,30-31H,14-15,19,21-22H2,1-6H3,(H,40,46)(H2,41,42,48)/t30?,31-/m0/s1. The largest absolute Gasteiger partial charge is 0.495 e. The van der Waals surface area contributed by atoms with Crippen molar-refractivity contribution < 1.29 is 33.4 Å². The molecule has 2 fully saturated rings. The summed E-state index contributed by atoms with van der Waals surface area (Å²) in [5, 5.41) is 8.54. The van der Waals surface area contributed by atoms with Gasteiger partial charge in [-0.25, -0.2) is 14.5 Å². The number of anilines is 2. The Balaban J connectivity index is 1.34. The van der Waals surface area contributed by atoms with Crippen LogP contribution in [0, 0.1) is 12.8 Å². The number of rotatable bonds is 14. The van der Waals surface area contributed by atoms with Gasteiger partial charge in [-0.15, -0.1) is 0 Å². The van der Waals surface area contributed by atoms with Gasteiger partial charge in [0.05, 0.1) is 37.1 Å². The Bertz CT molecular complexity index is 1780. The van der Waals surface area contributed by atoms with Crippen LogP contribution >= 0.6 is 0 Å². The van der Waals surface area contributed by atoms with Crippen molar-refractivity contribution in [2.24, 2.45) is 5.92 Å². The van der Waals surface area contributed by atoms with Gasteiger partial charge in [-0.2, -0.15) is 0 Å². The van der Waals surface area contributed by atoms with Crippen LogP contribution in [0.15, 0.2) is 66.9 Å². The van der Waals surface area contributed by atoms with E-state index in [1.54, 1.807) is 76.4 Å². The van der Waals surface area contributed by atoms with E-state index in [0.717, 1.165) is 23.3 Å². The molecule has 6 amide bonds. The van der Waals surface area contributed by atoms with Gasteiger partial charge in [-0.3, -0.25) is 19.4 Å². The second kappa shape index (κ2) is 15.6. The fraction of sp³-hybridized carbons (Fsp3) is 0.421. The summed E-state index contributed by atoms with van der Waals surface area (Å²) in [6, 6.07) is 14.7. The van der Waals surface area contributed by atoms with Crippen molar-refractivity contribution in [1.82, 2.24) is 20.1 Å². The predicted octanol–water partition coefficient (Wildman–Crippen LogP) is 5.95. The molecule has 2 aliphatic rings. The summed E-state index contributed by atoms with van der Waals surface area (Å²) in [6.07, 6.45) is 3.13. The summed E-state index contributed by atoms with van der Waals surface area (Å²) >= 11 is 0. The SMILES string of the molecule is COc1cc(CN2C(=O)N([C@@H](CC3CC3)C(=O)NC(CC(=O)OC(C)C)c3ccccn3)C(=O)C2(C)C)ccc1NC(=O)Nc1ccccc1C. The predicted molar refractivity (Wildman–Crippen MR) is 191 cm³/mol. The Morgan fingerprint density at radius 3 is 2.33 bits per heavy atom. The van der Waals surface area contributed by atoms with Gasteiger partial charge in [0.15, 0.2) is 0 Å². The lowest BCUT2D eigenvalue weighted by atomic mass is 10.0. The van der Waals surface area contributed by atoms with E-state index in [0.29, 0.717) is 34.8 Å². The number of hydrogen-bond donors (Lipinski definition) is 3. The van der Waals surface area contributed by atoms with Crippen LogP contribution in [0.4, 0.5) is 21.0 Å². The summed E-state index contributed by atoms with van der Waals surface area (Å²) in [5.74, 6) is -1.01. The Kier molecular flexibility index (Phi) is 11.3. The average molecular weight is 699 g/mol. The molecule has 0 spiro atoms. The summed E-state index contributed by atoms with van der Waals surface area (Å²) in [4.78, 5) is 74.6. The van der Waals surface area contributed by atoms with Crippen molar-refractivity contribution in [2.75, 3.05) is 17.7 Å². The summed E-state index contributed by atoms with van der Waals surface area (Å²) in [6.45, 7) is 8.72. The van der Waals surface area contributed by atoms with Gasteiger partial charge in [0.1, 0.15) is 17.3 Å². The fourth-order valence-electron chi connectivity index (χ4n) is 6.07. The van der Waals surface area contributed by atoms with Gasteiger partial charge in [-0.05, 0) is 88.4 Å². The number of amides is 6. The molecule has 5 rings (SSSR count). The minimum Gasteiger partial charge on any atom is -0.495 e. The van der Waals surface area contributed by atoms with Crippen molar-refractivity contribution in [3.05, 3.63) is 83.7 Å². The van der Waals surface area contributed by atoms with Crippen molar-refractivity contribution in [2.45, 2.75) is 90.6 Å². The van der Waals surface area contributed by atoms with Crippen LogP contribution < -0.4 is 20.7 Å². The highest BCUT2D eigenvalue weighted by atomic mass is 16.5. The first-order chi connectivity index (χ1) is 24.3. The van der Waals surface area contributed by atoms with Crippen LogP contribution in [0.5, 0.6) is 5.75 Å². The molecule has 2 heterocycles. The molecule has 3 N–H and O–H groups in total. The molecule has 1 aromatic heterocycles. The molecular weight excluding hydrogens is 652 g/mol. The number of esters is 1. The number of nitrogens with zero attached hydrogens (tertiary/aromatic N) is 3. The third-order valence-electron chi connectivity index (χ3n) is 9.07. The van der Waals surface area contributed by atoms with Crippen molar-refractivity contribution >= 4 is 41.2 Å². The van der Waals surface area contributed by atoms with Gasteiger partial charge < -0.3 is 30.3 Å². The number of aryl methyl sites for hydroxylation is 1. The highest BCUT2D eigenvalue weighted by molar-refractivity contribution is 6.09. The Hall–Kier alpha value is -5.46. The quantitative estimate of drug-likeness (QED) is 0.138. The number of carbonyl (C=O) groups excluding carboxylic acids is 5. The number of benzene rings is 2. The summed E-state index contributed by atoms with van der Waals surface area (Å²) in [5.41, 5.74) is 1.82. The number of nitrogens with one attached hydrogen (secondary N) is 3. The first-order valence-corrected chi connectivity index (χ1v) is 17.1. The minimum atomic E-state index is -1.28. The number of hydrogen-bond acceptors (Lipinski definition) is 8. The lowest BCUT2D eigenvalue weighted by Gasteiger charge is -2.28. The van der Waals surface area contributed by atoms with Crippen LogP contribution in [0.3, 0.4) is 0 Å². The minimum absolute atomic E-state index is 0.0372. The first kappa shape index (κ1) is 36.8. The third-order valence-corrected chi connectivity index (χ3v) is 9.07. The number of methoxy groups -OCH3 is 1. The van der Waals surface area contributed by atoms with E-state index < -0.39 is 47.5 Å². The number of pyridine rings is 1. The molecule has 2 atom stereocenters. The molecule has 1 aliphatic carbocycles. The van der Waals surface area contributed by atoms with E-state index in [2.05, 4.69) is 20.9 Å². The molecule has 0 bridgehead atoms. The van der Waals surface area contributed by atoms with Crippen LogP contribution in [-0.2, 0) is 25.7 Å². The molecular formula is C38H46N6O7. The summed E-state index contributed by atoms with van der Waals surface area (Å²) in [7, 11) is 1.47. The topological polar surface area (TPSA) is 159 Å². The highest BCUT2D eigenvalue weighted by Crippen LogP contribution is 2.39. The van der Waals surface area contributed by atoms with Gasteiger partial charge in [0, 0.05) is 18.4 Å². The Morgan fingerprint density at radius 1 is 0.980 bits per heavy atom. The second-order valence-electron chi connectivity index (χ2n) is 13.8. The maximum Gasteiger partial charge on any atom is 0.328 e. The third kappa shape index (κ3) is 8.83. The second-order valence-corrected chi connectivity index (χ2v) is 13.8. The lowest BCUT2D eigenvalue weighted by Crippen LogP contribution is -2.52. The molecule has 51 heavy (non-hydrogen) atoms. The maximum absolute atomic E-state index is 14.2. The van der Waals surface area contributed by atoms with Gasteiger partial charge >= 0.3 is 18.0 Å². The molecule has 1 unspecified atom stereocenters. The van der Waals surface area contributed by atoms with Crippen molar-refractivity contribution in [3.8, 4) is 5.75 Å². The zero-order chi connectivity index (χ0) is 36.9. The molecule has 13 heteroatoms. The zero-order valence-electron chi connectivity index (χ0n) is 29.9. The van der Waals surface area contributed by atoms with Crippen LogP contribution in [0.25, 0.3) is 0 Å². The van der Waals surface area contributed by atoms with E-state index >= 15 is 0 Å². The molecule has 2 aromatic carbocycles. The summed E-state index contributed by atoms with van der Waals surface area (Å²) < 4.78 is 10.9. The number of imide groups is 1. The van der Waals surface area contributed by atoms with Gasteiger partial charge in [-0.1, -0.05) is 43.2 Å². The Labute approximate surface area is 298 Å². The normalized spacial score (nSPS) is 16.5. The van der Waals surface area contributed by atoms with Gasteiger partial charge in [0.25, 0.3) is 5.91 Å². The van der Waals surface area contributed by atoms with E-state index in [1.165, 1.54) is 12.0 Å². The number of para-hydroxylation sites is 1.